The number of para-hydroxylation sites is 1. The van der Waals surface area contributed by atoms with Crippen LogP contribution in [0.25, 0.3) is 0 Å². The summed E-state index contributed by atoms with van der Waals surface area (Å²) in [4.78, 5) is 11.9. The fraction of sp³-hybridized carbons (Fsp3) is 0.133. The average molecular weight is 294 g/mol. The second kappa shape index (κ2) is 6.39. The molecule has 5 heteroatoms. The molecule has 0 fully saturated rings. The normalized spacial score (nSPS) is 11.8. The summed E-state index contributed by atoms with van der Waals surface area (Å²) in [5.74, 6) is -0.393. The standard InChI is InChI=1S/C15H13ClFNO2/c1-10(20-12-8-6-11(16)7-9-12)15(19)18-14-5-3-2-4-13(14)17/h2-10H,1H3,(H,18,19). The summed E-state index contributed by atoms with van der Waals surface area (Å²) in [5, 5.41) is 3.06. The summed E-state index contributed by atoms with van der Waals surface area (Å²) in [7, 11) is 0. The van der Waals surface area contributed by atoms with Crippen LogP contribution in [0.4, 0.5) is 10.1 Å². The molecule has 3 nitrogen and oxygen atoms in total. The molecule has 0 radical (unpaired) electrons. The number of anilines is 1. The Morgan fingerprint density at radius 2 is 1.85 bits per heavy atom. The molecular weight excluding hydrogens is 281 g/mol. The van der Waals surface area contributed by atoms with Gasteiger partial charge in [0.15, 0.2) is 6.10 Å². The van der Waals surface area contributed by atoms with Gasteiger partial charge in [-0.3, -0.25) is 4.79 Å². The Balaban J connectivity index is 1.99. The van der Waals surface area contributed by atoms with Crippen LogP contribution in [0.5, 0.6) is 5.75 Å². The topological polar surface area (TPSA) is 38.3 Å². The SMILES string of the molecule is CC(Oc1ccc(Cl)cc1)C(=O)Nc1ccccc1F. The highest BCUT2D eigenvalue weighted by Crippen LogP contribution is 2.18. The summed E-state index contributed by atoms with van der Waals surface area (Å²) >= 11 is 5.76. The van der Waals surface area contributed by atoms with Gasteiger partial charge < -0.3 is 10.1 Å². The quantitative estimate of drug-likeness (QED) is 0.929. The number of amides is 1. The lowest BCUT2D eigenvalue weighted by Crippen LogP contribution is -2.30. The average Bonchev–Trinajstić information content (AvgIpc) is 2.44. The van der Waals surface area contributed by atoms with Crippen molar-refractivity contribution in [3.63, 3.8) is 0 Å². The Bertz CT molecular complexity index is 601. The van der Waals surface area contributed by atoms with Crippen LogP contribution in [0.2, 0.25) is 5.02 Å². The molecule has 1 unspecified atom stereocenters. The van der Waals surface area contributed by atoms with Crippen molar-refractivity contribution in [1.82, 2.24) is 0 Å². The minimum absolute atomic E-state index is 0.129. The molecule has 0 heterocycles. The van der Waals surface area contributed by atoms with Gasteiger partial charge in [0.05, 0.1) is 5.69 Å². The van der Waals surface area contributed by atoms with Gasteiger partial charge in [0, 0.05) is 5.02 Å². The van der Waals surface area contributed by atoms with E-state index < -0.39 is 17.8 Å². The second-order valence-electron chi connectivity index (χ2n) is 4.18. The lowest BCUT2D eigenvalue weighted by atomic mass is 10.3. The van der Waals surface area contributed by atoms with Crippen LogP contribution in [-0.4, -0.2) is 12.0 Å². The van der Waals surface area contributed by atoms with Crippen LogP contribution in [0.1, 0.15) is 6.92 Å². The molecule has 1 amide bonds. The fourth-order valence-electron chi connectivity index (χ4n) is 1.57. The smallest absolute Gasteiger partial charge is 0.265 e. The van der Waals surface area contributed by atoms with E-state index in [4.69, 9.17) is 16.3 Å². The van der Waals surface area contributed by atoms with Gasteiger partial charge in [-0.2, -0.15) is 0 Å². The van der Waals surface area contributed by atoms with Gasteiger partial charge in [-0.05, 0) is 43.3 Å². The van der Waals surface area contributed by atoms with E-state index >= 15 is 0 Å². The van der Waals surface area contributed by atoms with Crippen molar-refractivity contribution in [2.45, 2.75) is 13.0 Å². The molecular formula is C15H13ClFNO2. The summed E-state index contributed by atoms with van der Waals surface area (Å²) in [6.07, 6.45) is -0.754. The Morgan fingerprint density at radius 1 is 1.20 bits per heavy atom. The fourth-order valence-corrected chi connectivity index (χ4v) is 1.69. The number of benzene rings is 2. The molecule has 1 atom stereocenters. The van der Waals surface area contributed by atoms with Crippen LogP contribution < -0.4 is 10.1 Å². The van der Waals surface area contributed by atoms with E-state index in [0.717, 1.165) is 0 Å². The lowest BCUT2D eigenvalue weighted by molar-refractivity contribution is -0.122. The number of halogens is 2. The molecule has 104 valence electrons. The van der Waals surface area contributed by atoms with Crippen molar-refractivity contribution in [3.05, 3.63) is 59.4 Å². The maximum Gasteiger partial charge on any atom is 0.265 e. The van der Waals surface area contributed by atoms with Gasteiger partial charge in [-0.1, -0.05) is 23.7 Å². The maximum atomic E-state index is 13.4. The molecule has 2 rings (SSSR count). The Labute approximate surface area is 121 Å². The summed E-state index contributed by atoms with van der Waals surface area (Å²) in [6.45, 7) is 1.59. The molecule has 0 spiro atoms. The number of hydrogen-bond donors (Lipinski definition) is 1. The molecule has 0 bridgehead atoms. The van der Waals surface area contributed by atoms with Gasteiger partial charge in [0.1, 0.15) is 11.6 Å². The van der Waals surface area contributed by atoms with Gasteiger partial charge in [0.25, 0.3) is 5.91 Å². The maximum absolute atomic E-state index is 13.4. The highest BCUT2D eigenvalue weighted by atomic mass is 35.5. The molecule has 0 saturated carbocycles. The van der Waals surface area contributed by atoms with E-state index in [0.29, 0.717) is 10.8 Å². The third kappa shape index (κ3) is 3.71. The summed E-state index contributed by atoms with van der Waals surface area (Å²) in [5.41, 5.74) is 0.129. The van der Waals surface area contributed by atoms with E-state index in [1.807, 2.05) is 0 Å². The van der Waals surface area contributed by atoms with Crippen molar-refractivity contribution in [2.24, 2.45) is 0 Å². The summed E-state index contributed by atoms with van der Waals surface area (Å²) < 4.78 is 18.9. The molecule has 1 N–H and O–H groups in total. The largest absolute Gasteiger partial charge is 0.481 e. The van der Waals surface area contributed by atoms with Gasteiger partial charge in [-0.15, -0.1) is 0 Å². The third-order valence-corrected chi connectivity index (χ3v) is 2.88. The van der Waals surface area contributed by atoms with Crippen molar-refractivity contribution in [3.8, 4) is 5.75 Å². The van der Waals surface area contributed by atoms with E-state index in [9.17, 15) is 9.18 Å². The predicted octanol–water partition coefficient (Wildman–Crippen LogP) is 3.89. The molecule has 0 aliphatic carbocycles. The second-order valence-corrected chi connectivity index (χ2v) is 4.62. The number of carbonyl (C=O) groups is 1. The van der Waals surface area contributed by atoms with Gasteiger partial charge in [0.2, 0.25) is 0 Å². The first-order valence-electron chi connectivity index (χ1n) is 6.04. The zero-order valence-corrected chi connectivity index (χ0v) is 11.5. The highest BCUT2D eigenvalue weighted by Gasteiger charge is 2.16. The number of nitrogens with one attached hydrogen (secondary N) is 1. The van der Waals surface area contributed by atoms with E-state index in [2.05, 4.69) is 5.32 Å². The van der Waals surface area contributed by atoms with Crippen molar-refractivity contribution < 1.29 is 13.9 Å². The Kier molecular flexibility index (Phi) is 4.58. The molecule has 0 aromatic heterocycles. The Morgan fingerprint density at radius 3 is 2.50 bits per heavy atom. The van der Waals surface area contributed by atoms with Crippen molar-refractivity contribution >= 4 is 23.2 Å². The van der Waals surface area contributed by atoms with Crippen molar-refractivity contribution in [1.29, 1.82) is 0 Å². The molecule has 0 aliphatic heterocycles. The highest BCUT2D eigenvalue weighted by molar-refractivity contribution is 6.30. The van der Waals surface area contributed by atoms with Gasteiger partial charge >= 0.3 is 0 Å². The zero-order valence-electron chi connectivity index (χ0n) is 10.8. The molecule has 2 aromatic carbocycles. The van der Waals surface area contributed by atoms with E-state index in [1.54, 1.807) is 43.3 Å². The molecule has 2 aromatic rings. The van der Waals surface area contributed by atoms with E-state index in [1.165, 1.54) is 12.1 Å². The zero-order chi connectivity index (χ0) is 14.5. The van der Waals surface area contributed by atoms with Gasteiger partial charge in [-0.25, -0.2) is 4.39 Å². The van der Waals surface area contributed by atoms with Crippen LogP contribution in [-0.2, 0) is 4.79 Å². The predicted molar refractivity (Wildman–Crippen MR) is 76.6 cm³/mol. The first kappa shape index (κ1) is 14.3. The monoisotopic (exact) mass is 293 g/mol. The van der Waals surface area contributed by atoms with Crippen LogP contribution in [0, 0.1) is 5.82 Å². The minimum atomic E-state index is -0.754. The van der Waals surface area contributed by atoms with E-state index in [-0.39, 0.29) is 5.69 Å². The summed E-state index contributed by atoms with van der Waals surface area (Å²) in [6, 6.07) is 12.6. The van der Waals surface area contributed by atoms with Crippen LogP contribution in [0.15, 0.2) is 48.5 Å². The molecule has 20 heavy (non-hydrogen) atoms. The third-order valence-electron chi connectivity index (χ3n) is 2.63. The lowest BCUT2D eigenvalue weighted by Gasteiger charge is -2.15. The number of carbonyl (C=O) groups excluding carboxylic acids is 1. The number of hydrogen-bond acceptors (Lipinski definition) is 2. The Hall–Kier alpha value is -2.07. The van der Waals surface area contributed by atoms with Crippen molar-refractivity contribution in [2.75, 3.05) is 5.32 Å². The number of ether oxygens (including phenoxy) is 1. The first-order valence-corrected chi connectivity index (χ1v) is 6.41. The molecule has 0 saturated heterocycles. The number of rotatable bonds is 4. The van der Waals surface area contributed by atoms with Crippen LogP contribution in [0.3, 0.4) is 0 Å². The molecule has 0 aliphatic rings. The first-order chi connectivity index (χ1) is 9.56. The minimum Gasteiger partial charge on any atom is -0.481 e. The van der Waals surface area contributed by atoms with Crippen LogP contribution >= 0.6 is 11.6 Å².